The molecule has 2 aliphatic rings. The Morgan fingerprint density at radius 3 is 2.37 bits per heavy atom. The first-order valence-electron chi connectivity index (χ1n) is 11.0. The number of anilines is 1. The molecule has 1 unspecified atom stereocenters. The van der Waals surface area contributed by atoms with Crippen LogP contribution < -0.4 is 9.64 Å². The van der Waals surface area contributed by atoms with Crippen LogP contribution in [-0.4, -0.2) is 45.4 Å². The molecule has 2 aliphatic heterocycles. The third-order valence-electron chi connectivity index (χ3n) is 6.01. The van der Waals surface area contributed by atoms with E-state index in [1.807, 2.05) is 29.6 Å². The van der Waals surface area contributed by atoms with Crippen LogP contribution in [0.5, 0.6) is 5.75 Å². The van der Waals surface area contributed by atoms with E-state index in [0.29, 0.717) is 22.6 Å². The van der Waals surface area contributed by atoms with Gasteiger partial charge in [0.1, 0.15) is 17.4 Å². The maximum Gasteiger partial charge on any atom is 0.269 e. The van der Waals surface area contributed by atoms with Gasteiger partial charge in [-0.15, -0.1) is 11.3 Å². The number of pyridine rings is 1. The Kier molecular flexibility index (Phi) is 4.93. The molecule has 0 saturated carbocycles. The minimum atomic E-state index is -0.751. The van der Waals surface area contributed by atoms with Crippen molar-refractivity contribution >= 4 is 34.7 Å². The van der Waals surface area contributed by atoms with E-state index in [0.717, 1.165) is 26.9 Å². The van der Waals surface area contributed by atoms with Gasteiger partial charge in [0.2, 0.25) is 0 Å². The fourth-order valence-corrected chi connectivity index (χ4v) is 5.04. The molecule has 9 heteroatoms. The number of thiazole rings is 1. The molecule has 0 spiro atoms. The number of rotatable bonds is 4. The summed E-state index contributed by atoms with van der Waals surface area (Å²) in [6.07, 6.45) is 0.967. The normalized spacial score (nSPS) is 16.8. The number of hydrogen-bond acceptors (Lipinski definition) is 7. The highest BCUT2D eigenvalue weighted by Crippen LogP contribution is 2.39. The number of carbonyl (C=O) groups is 3. The molecule has 4 aromatic rings. The zero-order valence-corrected chi connectivity index (χ0v) is 19.4. The van der Waals surface area contributed by atoms with Crippen LogP contribution in [-0.2, 0) is 4.79 Å². The van der Waals surface area contributed by atoms with Gasteiger partial charge in [0.25, 0.3) is 17.7 Å². The molecule has 35 heavy (non-hydrogen) atoms. The fourth-order valence-electron chi connectivity index (χ4n) is 4.23. The third-order valence-corrected chi connectivity index (χ3v) is 6.88. The summed E-state index contributed by atoms with van der Waals surface area (Å²) in [7, 11) is 0. The minimum Gasteiger partial charge on any atom is -0.479 e. The second kappa shape index (κ2) is 8.14. The molecule has 1 atom stereocenters. The number of hydrogen-bond donors (Lipinski definition) is 0. The van der Waals surface area contributed by atoms with E-state index in [2.05, 4.69) is 4.98 Å². The Balaban J connectivity index is 1.35. The first-order chi connectivity index (χ1) is 17.0. The Morgan fingerprint density at radius 2 is 1.66 bits per heavy atom. The summed E-state index contributed by atoms with van der Waals surface area (Å²) in [5.41, 5.74) is 3.44. The smallest absolute Gasteiger partial charge is 0.269 e. The fraction of sp³-hybridized carbons (Fsp3) is 0.115. The van der Waals surface area contributed by atoms with Gasteiger partial charge in [-0.3, -0.25) is 29.2 Å². The van der Waals surface area contributed by atoms with E-state index >= 15 is 0 Å². The summed E-state index contributed by atoms with van der Waals surface area (Å²) in [6, 6.07) is 17.8. The number of aromatic nitrogens is 2. The average Bonchev–Trinajstić information content (AvgIpc) is 3.47. The second-order valence-corrected chi connectivity index (χ2v) is 9.05. The van der Waals surface area contributed by atoms with Crippen molar-refractivity contribution in [3.05, 3.63) is 83.4 Å². The first kappa shape index (κ1) is 21.2. The van der Waals surface area contributed by atoms with Crippen LogP contribution in [0.4, 0.5) is 5.69 Å². The van der Waals surface area contributed by atoms with E-state index in [9.17, 15) is 14.4 Å². The van der Waals surface area contributed by atoms with Gasteiger partial charge in [-0.25, -0.2) is 4.98 Å². The van der Waals surface area contributed by atoms with Crippen molar-refractivity contribution in [2.45, 2.75) is 13.0 Å². The zero-order valence-electron chi connectivity index (χ0n) is 18.5. The molecule has 0 bridgehead atoms. The molecule has 0 fully saturated rings. The van der Waals surface area contributed by atoms with Crippen molar-refractivity contribution in [1.29, 1.82) is 0 Å². The van der Waals surface area contributed by atoms with Gasteiger partial charge >= 0.3 is 0 Å². The Labute approximate surface area is 204 Å². The molecule has 8 nitrogen and oxygen atoms in total. The predicted octanol–water partition coefficient (Wildman–Crippen LogP) is 4.24. The zero-order chi connectivity index (χ0) is 24.1. The van der Waals surface area contributed by atoms with E-state index in [1.54, 1.807) is 49.5 Å². The maximum absolute atomic E-state index is 13.1. The Hall–Kier alpha value is -4.37. The van der Waals surface area contributed by atoms with Gasteiger partial charge in [0.15, 0.2) is 6.10 Å². The summed E-state index contributed by atoms with van der Waals surface area (Å²) in [5, 5.41) is 2.70. The highest BCUT2D eigenvalue weighted by atomic mass is 32.1. The van der Waals surface area contributed by atoms with E-state index < -0.39 is 17.9 Å². The highest BCUT2D eigenvalue weighted by molar-refractivity contribution is 7.13. The van der Waals surface area contributed by atoms with Crippen LogP contribution in [0.3, 0.4) is 0 Å². The molecule has 2 aromatic carbocycles. The summed E-state index contributed by atoms with van der Waals surface area (Å²) in [6.45, 7) is 1.44. The molecular weight excluding hydrogens is 464 g/mol. The van der Waals surface area contributed by atoms with Gasteiger partial charge < -0.3 is 4.74 Å². The Bertz CT molecular complexity index is 1470. The van der Waals surface area contributed by atoms with Gasteiger partial charge in [-0.2, -0.15) is 0 Å². The van der Waals surface area contributed by atoms with Crippen molar-refractivity contribution in [2.75, 3.05) is 11.6 Å². The third kappa shape index (κ3) is 3.48. The largest absolute Gasteiger partial charge is 0.479 e. The average molecular weight is 483 g/mol. The number of ether oxygens (including phenoxy) is 1. The lowest BCUT2D eigenvalue weighted by Crippen LogP contribution is -2.50. The van der Waals surface area contributed by atoms with Crippen LogP contribution in [0.25, 0.3) is 22.0 Å². The number of carbonyl (C=O) groups excluding carboxylic acids is 3. The molecule has 172 valence electrons. The summed E-state index contributed by atoms with van der Waals surface area (Å²) < 4.78 is 5.81. The number of nitrogens with zero attached hydrogens (tertiary/aromatic N) is 4. The topological polar surface area (TPSA) is 92.7 Å². The monoisotopic (exact) mass is 482 g/mol. The van der Waals surface area contributed by atoms with Gasteiger partial charge in [0, 0.05) is 17.1 Å². The summed E-state index contributed by atoms with van der Waals surface area (Å²) in [5.74, 6) is -0.680. The molecule has 2 aromatic heterocycles. The number of fused-ring (bicyclic) bond motifs is 2. The number of amides is 3. The van der Waals surface area contributed by atoms with Crippen molar-refractivity contribution in [3.8, 4) is 27.7 Å². The molecule has 0 N–H and O–H groups in total. The van der Waals surface area contributed by atoms with Crippen LogP contribution in [0.15, 0.2) is 72.2 Å². The SMILES string of the molecule is CC1Oc2ccc(-c3csc(-c4ccccn4)n3)cc2N(CN2C(=O)c3ccccc3C2=O)C1=O. The highest BCUT2D eigenvalue weighted by Gasteiger charge is 2.40. The van der Waals surface area contributed by atoms with Crippen molar-refractivity contribution in [3.63, 3.8) is 0 Å². The van der Waals surface area contributed by atoms with Gasteiger partial charge in [-0.1, -0.05) is 18.2 Å². The molecule has 4 heterocycles. The molecule has 0 radical (unpaired) electrons. The standard InChI is InChI=1S/C26H18N4O4S/c1-15-24(31)29(14-30-25(32)17-6-2-3-7-18(17)26(30)33)21-12-16(9-10-22(21)34-15)20-13-35-23(28-20)19-8-4-5-11-27-19/h2-13,15H,14H2,1H3. The van der Waals surface area contributed by atoms with Crippen LogP contribution in [0.1, 0.15) is 27.6 Å². The first-order valence-corrected chi connectivity index (χ1v) is 11.8. The molecule has 3 amide bonds. The summed E-state index contributed by atoms with van der Waals surface area (Å²) >= 11 is 1.47. The van der Waals surface area contributed by atoms with Gasteiger partial charge in [0.05, 0.1) is 28.2 Å². The van der Waals surface area contributed by atoms with Crippen molar-refractivity contribution < 1.29 is 19.1 Å². The summed E-state index contributed by atoms with van der Waals surface area (Å²) in [4.78, 5) is 50.6. The Morgan fingerprint density at radius 1 is 0.914 bits per heavy atom. The lowest BCUT2D eigenvalue weighted by molar-refractivity contribution is -0.125. The number of imide groups is 1. The van der Waals surface area contributed by atoms with Crippen LogP contribution in [0.2, 0.25) is 0 Å². The molecule has 6 rings (SSSR count). The number of benzene rings is 2. The van der Waals surface area contributed by atoms with E-state index in [4.69, 9.17) is 9.72 Å². The second-order valence-electron chi connectivity index (χ2n) is 8.19. The maximum atomic E-state index is 13.1. The minimum absolute atomic E-state index is 0.203. The predicted molar refractivity (Wildman–Crippen MR) is 130 cm³/mol. The molecule has 0 saturated heterocycles. The lowest BCUT2D eigenvalue weighted by Gasteiger charge is -2.35. The van der Waals surface area contributed by atoms with E-state index in [1.165, 1.54) is 16.2 Å². The van der Waals surface area contributed by atoms with Crippen LogP contribution in [0, 0.1) is 0 Å². The van der Waals surface area contributed by atoms with Crippen LogP contribution >= 0.6 is 11.3 Å². The lowest BCUT2D eigenvalue weighted by atomic mass is 10.1. The quantitative estimate of drug-likeness (QED) is 0.404. The molecule has 0 aliphatic carbocycles. The molecular formula is C26H18N4O4S. The van der Waals surface area contributed by atoms with Crippen molar-refractivity contribution in [1.82, 2.24) is 14.9 Å². The van der Waals surface area contributed by atoms with Crippen molar-refractivity contribution in [2.24, 2.45) is 0 Å². The van der Waals surface area contributed by atoms with E-state index in [-0.39, 0.29) is 12.6 Å². The van der Waals surface area contributed by atoms with Gasteiger partial charge in [-0.05, 0) is 49.4 Å².